The molecule has 2 heterocycles. The van der Waals surface area contributed by atoms with E-state index in [4.69, 9.17) is 0 Å². The molecule has 0 bridgehead atoms. The van der Waals surface area contributed by atoms with Gasteiger partial charge in [-0.05, 0) is 60.7 Å². The van der Waals surface area contributed by atoms with Crippen LogP contribution in [0.1, 0.15) is 24.3 Å². The van der Waals surface area contributed by atoms with E-state index in [1.165, 1.54) is 9.80 Å². The van der Waals surface area contributed by atoms with Crippen LogP contribution in [0, 0.1) is 29.6 Å². The maximum Gasteiger partial charge on any atom is 0.238 e. The van der Waals surface area contributed by atoms with Gasteiger partial charge in [-0.2, -0.15) is 0 Å². The highest BCUT2D eigenvalue weighted by molar-refractivity contribution is 6.24. The van der Waals surface area contributed by atoms with Gasteiger partial charge in [-0.25, -0.2) is 0 Å². The fourth-order valence-electron chi connectivity index (χ4n) is 7.31. The minimum Gasteiger partial charge on any atom is -0.508 e. The standard InChI is InChI=1S/C32H26N2O5/c35-21-13-11-18(12-14-21)26-22-15-16-23-27(31(38)33(29(23)36)19-7-3-1-4-8-19)24(22)17-25-28(26)32(39)34(30(25)37)20-9-5-2-6-10-20/h1-15,23-28,35H,16-17H2/t23-,24+,25+,26-,27-,28+/m0/s1. The van der Waals surface area contributed by atoms with Crippen molar-refractivity contribution in [1.82, 2.24) is 0 Å². The van der Waals surface area contributed by atoms with Crippen molar-refractivity contribution in [2.24, 2.45) is 29.6 Å². The molecule has 39 heavy (non-hydrogen) atoms. The lowest BCUT2D eigenvalue weighted by Crippen LogP contribution is -2.43. The van der Waals surface area contributed by atoms with Crippen molar-refractivity contribution in [3.63, 3.8) is 0 Å². The number of fused-ring (bicyclic) bond motifs is 4. The molecule has 3 aromatic rings. The normalized spacial score (nSPS) is 29.7. The molecule has 0 unspecified atom stereocenters. The molecule has 1 N–H and O–H groups in total. The van der Waals surface area contributed by atoms with E-state index >= 15 is 0 Å². The first-order chi connectivity index (χ1) is 19.0. The summed E-state index contributed by atoms with van der Waals surface area (Å²) >= 11 is 0. The summed E-state index contributed by atoms with van der Waals surface area (Å²) in [5.41, 5.74) is 2.83. The predicted octanol–water partition coefficient (Wildman–Crippen LogP) is 4.44. The molecule has 7 nitrogen and oxygen atoms in total. The Hall–Kier alpha value is -4.52. The summed E-state index contributed by atoms with van der Waals surface area (Å²) < 4.78 is 0. The molecule has 2 aliphatic heterocycles. The molecule has 4 aliphatic rings. The summed E-state index contributed by atoms with van der Waals surface area (Å²) in [5.74, 6) is -3.99. The third kappa shape index (κ3) is 3.42. The van der Waals surface area contributed by atoms with Gasteiger partial charge in [0.15, 0.2) is 0 Å². The number of aromatic hydroxyl groups is 1. The Kier molecular flexibility index (Phi) is 5.30. The molecule has 7 heteroatoms. The average Bonchev–Trinajstić information content (AvgIpc) is 3.37. The lowest BCUT2D eigenvalue weighted by Gasteiger charge is -2.44. The number of allylic oxidation sites excluding steroid dienone is 2. The first-order valence-electron chi connectivity index (χ1n) is 13.3. The van der Waals surface area contributed by atoms with Crippen LogP contribution in [0.5, 0.6) is 5.75 Å². The smallest absolute Gasteiger partial charge is 0.238 e. The summed E-state index contributed by atoms with van der Waals surface area (Å²) in [6.07, 6.45) is 2.77. The van der Waals surface area contributed by atoms with Crippen LogP contribution >= 0.6 is 0 Å². The Labute approximate surface area is 225 Å². The number of phenols is 1. The van der Waals surface area contributed by atoms with E-state index in [9.17, 15) is 24.3 Å². The molecule has 6 atom stereocenters. The summed E-state index contributed by atoms with van der Waals surface area (Å²) in [4.78, 5) is 57.8. The molecule has 1 saturated carbocycles. The summed E-state index contributed by atoms with van der Waals surface area (Å²) in [6.45, 7) is 0. The number of carbonyl (C=O) groups is 4. The van der Waals surface area contributed by atoms with E-state index < -0.39 is 29.6 Å². The quantitative estimate of drug-likeness (QED) is 0.409. The number of anilines is 2. The zero-order valence-corrected chi connectivity index (χ0v) is 21.0. The van der Waals surface area contributed by atoms with Crippen molar-refractivity contribution in [3.05, 3.63) is 102 Å². The number of amides is 4. The van der Waals surface area contributed by atoms with Crippen LogP contribution in [-0.2, 0) is 19.2 Å². The molecular weight excluding hydrogens is 492 g/mol. The summed E-state index contributed by atoms with van der Waals surface area (Å²) in [7, 11) is 0. The van der Waals surface area contributed by atoms with Gasteiger partial charge in [-0.3, -0.25) is 29.0 Å². The van der Waals surface area contributed by atoms with Crippen LogP contribution in [0.15, 0.2) is 96.6 Å². The van der Waals surface area contributed by atoms with Gasteiger partial charge < -0.3 is 5.11 Å². The van der Waals surface area contributed by atoms with Crippen molar-refractivity contribution >= 4 is 35.0 Å². The van der Waals surface area contributed by atoms with E-state index in [1.54, 1.807) is 72.8 Å². The van der Waals surface area contributed by atoms with Crippen LogP contribution < -0.4 is 9.80 Å². The van der Waals surface area contributed by atoms with Crippen LogP contribution in [0.25, 0.3) is 0 Å². The summed E-state index contributed by atoms with van der Waals surface area (Å²) in [6, 6.07) is 24.6. The van der Waals surface area contributed by atoms with Gasteiger partial charge in [0.2, 0.25) is 23.6 Å². The molecule has 3 aromatic carbocycles. The Morgan fingerprint density at radius 3 is 1.72 bits per heavy atom. The topological polar surface area (TPSA) is 95.0 Å². The largest absolute Gasteiger partial charge is 0.508 e. The first kappa shape index (κ1) is 23.6. The van der Waals surface area contributed by atoms with Gasteiger partial charge in [0, 0.05) is 5.92 Å². The molecule has 194 valence electrons. The van der Waals surface area contributed by atoms with Crippen molar-refractivity contribution in [3.8, 4) is 5.75 Å². The number of benzene rings is 3. The molecule has 2 aliphatic carbocycles. The molecule has 0 aromatic heterocycles. The van der Waals surface area contributed by atoms with Gasteiger partial charge in [0.05, 0.1) is 35.0 Å². The van der Waals surface area contributed by atoms with Gasteiger partial charge in [0.1, 0.15) is 5.75 Å². The fourth-order valence-corrected chi connectivity index (χ4v) is 7.31. The van der Waals surface area contributed by atoms with E-state index in [2.05, 4.69) is 0 Å². The van der Waals surface area contributed by atoms with Crippen LogP contribution in [-0.4, -0.2) is 28.7 Å². The maximum atomic E-state index is 14.0. The molecule has 2 saturated heterocycles. The molecule has 3 fully saturated rings. The van der Waals surface area contributed by atoms with Gasteiger partial charge in [-0.15, -0.1) is 0 Å². The number of imide groups is 2. The number of hydrogen-bond donors (Lipinski definition) is 1. The number of phenolic OH excluding ortho intramolecular Hbond substituents is 1. The molecule has 4 amide bonds. The van der Waals surface area contributed by atoms with Gasteiger partial charge in [-0.1, -0.05) is 60.2 Å². The second kappa shape index (κ2) is 8.76. The Morgan fingerprint density at radius 1 is 0.590 bits per heavy atom. The van der Waals surface area contributed by atoms with Crippen molar-refractivity contribution < 1.29 is 24.3 Å². The number of nitrogens with zero attached hydrogens (tertiary/aromatic N) is 2. The predicted molar refractivity (Wildman–Crippen MR) is 143 cm³/mol. The highest BCUT2D eigenvalue weighted by Crippen LogP contribution is 2.58. The summed E-state index contributed by atoms with van der Waals surface area (Å²) in [5, 5.41) is 9.95. The zero-order valence-electron chi connectivity index (χ0n) is 21.0. The second-order valence-electron chi connectivity index (χ2n) is 10.8. The molecule has 0 radical (unpaired) electrons. The van der Waals surface area contributed by atoms with Crippen molar-refractivity contribution in [1.29, 1.82) is 0 Å². The minimum absolute atomic E-state index is 0.107. The zero-order chi connectivity index (χ0) is 26.8. The van der Waals surface area contributed by atoms with E-state index in [-0.39, 0.29) is 35.3 Å². The number of carbonyl (C=O) groups excluding carboxylic acids is 4. The fraction of sp³-hybridized carbons (Fsp3) is 0.250. The third-order valence-electron chi connectivity index (χ3n) is 8.93. The third-order valence-corrected chi connectivity index (χ3v) is 8.93. The minimum atomic E-state index is -0.626. The van der Waals surface area contributed by atoms with E-state index in [0.29, 0.717) is 24.2 Å². The first-order valence-corrected chi connectivity index (χ1v) is 13.3. The number of rotatable bonds is 3. The Balaban J connectivity index is 1.34. The Morgan fingerprint density at radius 2 is 1.13 bits per heavy atom. The van der Waals surface area contributed by atoms with E-state index in [1.807, 2.05) is 18.2 Å². The van der Waals surface area contributed by atoms with Crippen molar-refractivity contribution in [2.75, 3.05) is 9.80 Å². The lowest BCUT2D eigenvalue weighted by molar-refractivity contribution is -0.126. The number of para-hydroxylation sites is 2. The highest BCUT2D eigenvalue weighted by atomic mass is 16.3. The van der Waals surface area contributed by atoms with E-state index in [0.717, 1.165) is 11.1 Å². The Bertz CT molecular complexity index is 1530. The molecule has 7 rings (SSSR count). The second-order valence-corrected chi connectivity index (χ2v) is 10.8. The van der Waals surface area contributed by atoms with Crippen LogP contribution in [0.4, 0.5) is 11.4 Å². The van der Waals surface area contributed by atoms with Crippen LogP contribution in [0.3, 0.4) is 0 Å². The number of hydrogen-bond acceptors (Lipinski definition) is 5. The van der Waals surface area contributed by atoms with Gasteiger partial charge in [0.25, 0.3) is 0 Å². The van der Waals surface area contributed by atoms with Crippen molar-refractivity contribution in [2.45, 2.75) is 18.8 Å². The molecular formula is C32H26N2O5. The van der Waals surface area contributed by atoms with Gasteiger partial charge >= 0.3 is 0 Å². The monoisotopic (exact) mass is 518 g/mol. The van der Waals surface area contributed by atoms with Crippen LogP contribution in [0.2, 0.25) is 0 Å². The average molecular weight is 519 g/mol. The highest BCUT2D eigenvalue weighted by Gasteiger charge is 2.62. The SMILES string of the molecule is O=C1[C@H]2[C@H](CC=C3[C@H]2C[C@H]2C(=O)N(c4ccccc4)C(=O)[C@H]2[C@H]3c2ccc(O)cc2)C(=O)N1c1ccccc1. The molecule has 0 spiro atoms. The lowest BCUT2D eigenvalue weighted by atomic mass is 9.57. The maximum absolute atomic E-state index is 14.0.